The van der Waals surface area contributed by atoms with E-state index >= 15 is 0 Å². The van der Waals surface area contributed by atoms with Crippen LogP contribution in [0.3, 0.4) is 0 Å². The fraction of sp³-hybridized carbons (Fsp3) is 0.550. The van der Waals surface area contributed by atoms with Gasteiger partial charge in [0.2, 0.25) is 5.91 Å². The summed E-state index contributed by atoms with van der Waals surface area (Å²) in [6, 6.07) is 6.19. The number of aromatic nitrogens is 1. The molecule has 1 fully saturated rings. The third-order valence-corrected chi connectivity index (χ3v) is 6.09. The first-order chi connectivity index (χ1) is 12.4. The van der Waals surface area contributed by atoms with Crippen molar-refractivity contribution in [1.82, 2.24) is 14.8 Å². The highest BCUT2D eigenvalue weighted by molar-refractivity contribution is 7.10. The number of H-pyrrole nitrogens is 1. The Kier molecular flexibility index (Phi) is 6.16. The SMILES string of the molecule is Cc1cc(CN(C[C@@H]2CN(C)CCO2)C(=O)[C@H](C)c2cccs2)c(C)[nH]1. The molecule has 6 heteroatoms. The lowest BCUT2D eigenvalue weighted by Crippen LogP contribution is -2.48. The van der Waals surface area contributed by atoms with Crippen molar-refractivity contribution in [3.05, 3.63) is 45.4 Å². The molecule has 3 heterocycles. The monoisotopic (exact) mass is 375 g/mol. The van der Waals surface area contributed by atoms with Crippen molar-refractivity contribution in [2.24, 2.45) is 0 Å². The highest BCUT2D eigenvalue weighted by Crippen LogP contribution is 2.25. The van der Waals surface area contributed by atoms with Gasteiger partial charge in [-0.1, -0.05) is 6.07 Å². The fourth-order valence-corrected chi connectivity index (χ4v) is 4.32. The lowest BCUT2D eigenvalue weighted by atomic mass is 10.1. The summed E-state index contributed by atoms with van der Waals surface area (Å²) in [4.78, 5) is 22.0. The molecule has 5 nitrogen and oxygen atoms in total. The van der Waals surface area contributed by atoms with Crippen LogP contribution in [0.2, 0.25) is 0 Å². The number of nitrogens with one attached hydrogen (secondary N) is 1. The molecule has 1 amide bonds. The first-order valence-electron chi connectivity index (χ1n) is 9.21. The summed E-state index contributed by atoms with van der Waals surface area (Å²) in [6.07, 6.45) is 0.0635. The zero-order valence-electron chi connectivity index (χ0n) is 16.1. The van der Waals surface area contributed by atoms with E-state index in [-0.39, 0.29) is 17.9 Å². The van der Waals surface area contributed by atoms with Gasteiger partial charge in [0.05, 0.1) is 18.6 Å². The zero-order valence-corrected chi connectivity index (χ0v) is 16.9. The molecule has 1 N–H and O–H groups in total. The van der Waals surface area contributed by atoms with E-state index in [1.807, 2.05) is 29.3 Å². The first kappa shape index (κ1) is 19.1. The van der Waals surface area contributed by atoms with Gasteiger partial charge in [-0.2, -0.15) is 0 Å². The lowest BCUT2D eigenvalue weighted by molar-refractivity contribution is -0.136. The number of amides is 1. The van der Waals surface area contributed by atoms with E-state index in [9.17, 15) is 4.79 Å². The van der Waals surface area contributed by atoms with E-state index in [0.29, 0.717) is 13.1 Å². The Morgan fingerprint density at radius 2 is 2.31 bits per heavy atom. The number of nitrogens with zero attached hydrogens (tertiary/aromatic N) is 2. The number of rotatable bonds is 6. The second kappa shape index (κ2) is 8.37. The van der Waals surface area contributed by atoms with Crippen LogP contribution in [0.5, 0.6) is 0 Å². The minimum absolute atomic E-state index is 0.0635. The number of aryl methyl sites for hydroxylation is 2. The second-order valence-corrected chi connectivity index (χ2v) is 8.29. The molecular weight excluding hydrogens is 346 g/mol. The Hall–Kier alpha value is -1.63. The Labute approximate surface area is 160 Å². The van der Waals surface area contributed by atoms with Crippen LogP contribution < -0.4 is 0 Å². The normalized spacial score (nSPS) is 19.5. The summed E-state index contributed by atoms with van der Waals surface area (Å²) in [6.45, 7) is 9.91. The van der Waals surface area contributed by atoms with Crippen molar-refractivity contribution in [2.75, 3.05) is 33.3 Å². The molecule has 142 valence electrons. The number of aromatic amines is 1. The zero-order chi connectivity index (χ0) is 18.7. The average Bonchev–Trinajstić information content (AvgIpc) is 3.23. The minimum Gasteiger partial charge on any atom is -0.374 e. The van der Waals surface area contributed by atoms with Gasteiger partial charge in [-0.25, -0.2) is 0 Å². The van der Waals surface area contributed by atoms with E-state index in [1.165, 1.54) is 5.56 Å². The van der Waals surface area contributed by atoms with Gasteiger partial charge in [-0.3, -0.25) is 4.79 Å². The molecule has 2 atom stereocenters. The minimum atomic E-state index is -0.128. The molecular formula is C20H29N3O2S. The van der Waals surface area contributed by atoms with Gasteiger partial charge < -0.3 is 19.5 Å². The van der Waals surface area contributed by atoms with Crippen LogP contribution in [0, 0.1) is 13.8 Å². The van der Waals surface area contributed by atoms with E-state index in [0.717, 1.165) is 36.0 Å². The maximum Gasteiger partial charge on any atom is 0.231 e. The Morgan fingerprint density at radius 1 is 1.50 bits per heavy atom. The number of hydrogen-bond donors (Lipinski definition) is 1. The van der Waals surface area contributed by atoms with Gasteiger partial charge in [0.25, 0.3) is 0 Å². The van der Waals surface area contributed by atoms with Crippen molar-refractivity contribution >= 4 is 17.2 Å². The largest absolute Gasteiger partial charge is 0.374 e. The summed E-state index contributed by atoms with van der Waals surface area (Å²) in [5.41, 5.74) is 3.44. The summed E-state index contributed by atoms with van der Waals surface area (Å²) < 4.78 is 5.93. The van der Waals surface area contributed by atoms with Gasteiger partial charge in [0.1, 0.15) is 0 Å². The van der Waals surface area contributed by atoms with Gasteiger partial charge in [-0.15, -0.1) is 11.3 Å². The molecule has 0 saturated carbocycles. The quantitative estimate of drug-likeness (QED) is 0.844. The predicted molar refractivity (Wildman–Crippen MR) is 106 cm³/mol. The van der Waals surface area contributed by atoms with Crippen LogP contribution in [-0.4, -0.2) is 60.1 Å². The van der Waals surface area contributed by atoms with E-state index < -0.39 is 0 Å². The Bertz CT molecular complexity index is 726. The molecule has 3 rings (SSSR count). The molecule has 1 aliphatic rings. The molecule has 0 bridgehead atoms. The van der Waals surface area contributed by atoms with Crippen LogP contribution >= 0.6 is 11.3 Å². The number of carbonyl (C=O) groups is 1. The molecule has 0 unspecified atom stereocenters. The number of likely N-dealkylation sites (N-methyl/N-ethyl adjacent to an activating group) is 1. The Morgan fingerprint density at radius 3 is 2.92 bits per heavy atom. The van der Waals surface area contributed by atoms with Crippen LogP contribution in [-0.2, 0) is 16.1 Å². The molecule has 2 aromatic rings. The average molecular weight is 376 g/mol. The van der Waals surface area contributed by atoms with Gasteiger partial charge in [-0.05, 0) is 50.9 Å². The van der Waals surface area contributed by atoms with Crippen LogP contribution in [0.1, 0.15) is 34.7 Å². The number of carbonyl (C=O) groups excluding carboxylic acids is 1. The van der Waals surface area contributed by atoms with Gasteiger partial charge >= 0.3 is 0 Å². The molecule has 0 radical (unpaired) electrons. The molecule has 1 saturated heterocycles. The van der Waals surface area contributed by atoms with E-state index in [4.69, 9.17) is 4.74 Å². The summed E-state index contributed by atoms with van der Waals surface area (Å²) in [5.74, 6) is 0.0409. The highest BCUT2D eigenvalue weighted by atomic mass is 32.1. The smallest absolute Gasteiger partial charge is 0.231 e. The first-order valence-corrected chi connectivity index (χ1v) is 10.1. The number of hydrogen-bond acceptors (Lipinski definition) is 4. The van der Waals surface area contributed by atoms with Crippen LogP contribution in [0.25, 0.3) is 0 Å². The Balaban J connectivity index is 1.78. The van der Waals surface area contributed by atoms with E-state index in [2.05, 4.69) is 36.8 Å². The van der Waals surface area contributed by atoms with Crippen molar-refractivity contribution < 1.29 is 9.53 Å². The predicted octanol–water partition coefficient (Wildman–Crippen LogP) is 3.16. The maximum absolute atomic E-state index is 13.3. The summed E-state index contributed by atoms with van der Waals surface area (Å²) in [7, 11) is 2.11. The molecule has 0 spiro atoms. The molecule has 1 aliphatic heterocycles. The number of thiophene rings is 1. The second-order valence-electron chi connectivity index (χ2n) is 7.31. The number of ether oxygens (including phenoxy) is 1. The summed E-state index contributed by atoms with van der Waals surface area (Å²) >= 11 is 1.64. The molecule has 0 aliphatic carbocycles. The molecule has 0 aromatic carbocycles. The van der Waals surface area contributed by atoms with Crippen molar-refractivity contribution in [2.45, 2.75) is 39.3 Å². The van der Waals surface area contributed by atoms with Crippen LogP contribution in [0.4, 0.5) is 0 Å². The number of morpholine rings is 1. The highest BCUT2D eigenvalue weighted by Gasteiger charge is 2.28. The van der Waals surface area contributed by atoms with Gasteiger partial charge in [0, 0.05) is 42.4 Å². The standard InChI is InChI=1S/C20H29N3O2S/c1-14-10-17(16(3)21-14)11-23(13-18-12-22(4)7-8-25-18)20(24)15(2)19-6-5-9-26-19/h5-6,9-10,15,18,21H,7-8,11-13H2,1-4H3/t15-,18+/m1/s1. The maximum atomic E-state index is 13.3. The topological polar surface area (TPSA) is 48.6 Å². The lowest BCUT2D eigenvalue weighted by Gasteiger charge is -2.35. The van der Waals surface area contributed by atoms with Crippen molar-refractivity contribution in [1.29, 1.82) is 0 Å². The van der Waals surface area contributed by atoms with Crippen LogP contribution in [0.15, 0.2) is 23.6 Å². The summed E-state index contributed by atoms with van der Waals surface area (Å²) in [5, 5.41) is 2.03. The van der Waals surface area contributed by atoms with Crippen molar-refractivity contribution in [3.63, 3.8) is 0 Å². The third kappa shape index (κ3) is 4.55. The molecule has 26 heavy (non-hydrogen) atoms. The van der Waals surface area contributed by atoms with Gasteiger partial charge in [0.15, 0.2) is 0 Å². The third-order valence-electron chi connectivity index (χ3n) is 5.04. The molecule has 2 aromatic heterocycles. The fourth-order valence-electron chi connectivity index (χ4n) is 3.54. The van der Waals surface area contributed by atoms with E-state index in [1.54, 1.807) is 11.3 Å². The van der Waals surface area contributed by atoms with Crippen molar-refractivity contribution in [3.8, 4) is 0 Å².